The highest BCUT2D eigenvalue weighted by atomic mass is 35.5. The Morgan fingerprint density at radius 2 is 1.72 bits per heavy atom. The predicted molar refractivity (Wildman–Crippen MR) is 101 cm³/mol. The Morgan fingerprint density at radius 3 is 2.40 bits per heavy atom. The molecule has 0 aliphatic carbocycles. The number of nitrogens with zero attached hydrogens (tertiary/aromatic N) is 1. The molecule has 0 bridgehead atoms. The summed E-state index contributed by atoms with van der Waals surface area (Å²) in [6.45, 7) is 5.44. The van der Waals surface area contributed by atoms with Crippen molar-refractivity contribution >= 4 is 34.8 Å². The molecule has 0 fully saturated rings. The van der Waals surface area contributed by atoms with Crippen LogP contribution in [0.4, 0.5) is 5.69 Å². The molecular weight excluding hydrogens is 338 g/mol. The summed E-state index contributed by atoms with van der Waals surface area (Å²) in [6, 6.07) is 13.9. The van der Waals surface area contributed by atoms with Gasteiger partial charge in [-0.25, -0.2) is 5.43 Å². The first-order chi connectivity index (χ1) is 11.9. The number of rotatable bonds is 5. The standard InChI is InChI=1S/C19H20ClN3O2/c1-12(2)18(24)21-17-9-5-6-14(11-17)13(3)22-23-19(25)15-7-4-8-16(20)10-15/h4-12H,1-3H3,(H,21,24)(H,23,25)/b22-13-. The van der Waals surface area contributed by atoms with Gasteiger partial charge >= 0.3 is 0 Å². The third-order valence-corrected chi connectivity index (χ3v) is 3.72. The predicted octanol–water partition coefficient (Wildman–Crippen LogP) is 4.09. The second-order valence-corrected chi connectivity index (χ2v) is 6.31. The lowest BCUT2D eigenvalue weighted by Crippen LogP contribution is -2.19. The maximum Gasteiger partial charge on any atom is 0.271 e. The van der Waals surface area contributed by atoms with Gasteiger partial charge in [0, 0.05) is 22.2 Å². The minimum atomic E-state index is -0.342. The van der Waals surface area contributed by atoms with Crippen LogP contribution in [-0.4, -0.2) is 17.5 Å². The summed E-state index contributed by atoms with van der Waals surface area (Å²) in [5, 5.41) is 7.44. The number of halogens is 1. The van der Waals surface area contributed by atoms with Crippen LogP contribution in [-0.2, 0) is 4.79 Å². The van der Waals surface area contributed by atoms with E-state index in [4.69, 9.17) is 11.6 Å². The molecule has 2 aromatic rings. The molecule has 130 valence electrons. The maximum absolute atomic E-state index is 12.1. The van der Waals surface area contributed by atoms with Crippen molar-refractivity contribution in [3.05, 3.63) is 64.7 Å². The molecule has 0 aromatic heterocycles. The fourth-order valence-electron chi connectivity index (χ4n) is 2.00. The first-order valence-corrected chi connectivity index (χ1v) is 8.26. The monoisotopic (exact) mass is 357 g/mol. The van der Waals surface area contributed by atoms with E-state index in [1.807, 2.05) is 38.1 Å². The zero-order valence-corrected chi connectivity index (χ0v) is 15.1. The maximum atomic E-state index is 12.1. The minimum absolute atomic E-state index is 0.0546. The van der Waals surface area contributed by atoms with Crippen LogP contribution in [0.2, 0.25) is 5.02 Å². The van der Waals surface area contributed by atoms with Gasteiger partial charge in [-0.1, -0.05) is 43.6 Å². The Hall–Kier alpha value is -2.66. The van der Waals surface area contributed by atoms with Crippen molar-refractivity contribution in [2.45, 2.75) is 20.8 Å². The molecule has 2 amide bonds. The van der Waals surface area contributed by atoms with Gasteiger partial charge < -0.3 is 5.32 Å². The molecule has 0 atom stereocenters. The highest BCUT2D eigenvalue weighted by molar-refractivity contribution is 6.30. The van der Waals surface area contributed by atoms with Crippen LogP contribution in [0, 0.1) is 5.92 Å². The fraction of sp³-hybridized carbons (Fsp3) is 0.211. The number of hydrogen-bond donors (Lipinski definition) is 2. The van der Waals surface area contributed by atoms with Crippen molar-refractivity contribution in [3.63, 3.8) is 0 Å². The van der Waals surface area contributed by atoms with Crippen LogP contribution in [0.25, 0.3) is 0 Å². The topological polar surface area (TPSA) is 70.6 Å². The Morgan fingerprint density at radius 1 is 1.04 bits per heavy atom. The number of benzene rings is 2. The van der Waals surface area contributed by atoms with Gasteiger partial charge in [0.2, 0.25) is 5.91 Å². The second-order valence-electron chi connectivity index (χ2n) is 5.87. The number of hydrazone groups is 1. The molecule has 0 aliphatic heterocycles. The van der Waals surface area contributed by atoms with Crippen molar-refractivity contribution in [2.75, 3.05) is 5.32 Å². The number of hydrogen-bond acceptors (Lipinski definition) is 3. The normalized spacial score (nSPS) is 11.3. The fourth-order valence-corrected chi connectivity index (χ4v) is 2.19. The lowest BCUT2D eigenvalue weighted by atomic mass is 10.1. The molecule has 5 nitrogen and oxygen atoms in total. The van der Waals surface area contributed by atoms with Crippen molar-refractivity contribution in [3.8, 4) is 0 Å². The summed E-state index contributed by atoms with van der Waals surface area (Å²) in [7, 11) is 0. The Labute approximate surface area is 152 Å². The molecule has 0 radical (unpaired) electrons. The van der Waals surface area contributed by atoms with Crippen LogP contribution in [0.1, 0.15) is 36.7 Å². The molecule has 0 unspecified atom stereocenters. The molecule has 6 heteroatoms. The first-order valence-electron chi connectivity index (χ1n) is 7.88. The first kappa shape index (κ1) is 18.7. The molecule has 2 N–H and O–H groups in total. The van der Waals surface area contributed by atoms with Gasteiger partial charge in [-0.2, -0.15) is 5.10 Å². The Balaban J connectivity index is 2.09. The SMILES string of the molecule is C/C(=N/NC(=O)c1cccc(Cl)c1)c1cccc(NC(=O)C(C)C)c1. The van der Waals surface area contributed by atoms with Crippen molar-refractivity contribution < 1.29 is 9.59 Å². The molecule has 0 spiro atoms. The van der Waals surface area contributed by atoms with E-state index in [1.54, 1.807) is 31.2 Å². The van der Waals surface area contributed by atoms with E-state index in [0.29, 0.717) is 22.0 Å². The van der Waals surface area contributed by atoms with Crippen LogP contribution in [0.5, 0.6) is 0 Å². The molecule has 2 rings (SSSR count). The van der Waals surface area contributed by atoms with Gasteiger partial charge in [0.05, 0.1) is 5.71 Å². The van der Waals surface area contributed by atoms with Gasteiger partial charge in [-0.3, -0.25) is 9.59 Å². The molecule has 0 heterocycles. The molecule has 0 saturated carbocycles. The van der Waals surface area contributed by atoms with Gasteiger partial charge in [0.25, 0.3) is 5.91 Å². The van der Waals surface area contributed by atoms with E-state index in [1.165, 1.54) is 0 Å². The van der Waals surface area contributed by atoms with E-state index < -0.39 is 0 Å². The zero-order valence-electron chi connectivity index (χ0n) is 14.3. The highest BCUT2D eigenvalue weighted by Gasteiger charge is 2.09. The van der Waals surface area contributed by atoms with E-state index in [2.05, 4.69) is 15.8 Å². The van der Waals surface area contributed by atoms with E-state index >= 15 is 0 Å². The van der Waals surface area contributed by atoms with Crippen LogP contribution in [0.3, 0.4) is 0 Å². The van der Waals surface area contributed by atoms with Crippen LogP contribution < -0.4 is 10.7 Å². The van der Waals surface area contributed by atoms with Crippen molar-refractivity contribution in [1.29, 1.82) is 0 Å². The second kappa shape index (κ2) is 8.44. The van der Waals surface area contributed by atoms with Crippen LogP contribution in [0.15, 0.2) is 53.6 Å². The summed E-state index contributed by atoms with van der Waals surface area (Å²) in [6.07, 6.45) is 0. The van der Waals surface area contributed by atoms with Gasteiger partial charge in [-0.15, -0.1) is 0 Å². The molecule has 0 aliphatic rings. The number of anilines is 1. The number of amides is 2. The zero-order chi connectivity index (χ0) is 18.4. The number of carbonyl (C=O) groups is 2. The smallest absolute Gasteiger partial charge is 0.271 e. The highest BCUT2D eigenvalue weighted by Crippen LogP contribution is 2.13. The molecule has 0 saturated heterocycles. The summed E-state index contributed by atoms with van der Waals surface area (Å²) < 4.78 is 0. The van der Waals surface area contributed by atoms with Gasteiger partial charge in [-0.05, 0) is 42.8 Å². The summed E-state index contributed by atoms with van der Waals surface area (Å²) in [5.41, 5.74) is 5.05. The van der Waals surface area contributed by atoms with E-state index in [9.17, 15) is 9.59 Å². The van der Waals surface area contributed by atoms with Crippen molar-refractivity contribution in [2.24, 2.45) is 11.0 Å². The average molecular weight is 358 g/mol. The summed E-state index contributed by atoms with van der Waals surface area (Å²) >= 11 is 5.88. The van der Waals surface area contributed by atoms with E-state index in [-0.39, 0.29) is 17.7 Å². The summed E-state index contributed by atoms with van der Waals surface area (Å²) in [5.74, 6) is -0.498. The Kier molecular flexibility index (Phi) is 6.31. The van der Waals surface area contributed by atoms with Crippen LogP contribution >= 0.6 is 11.6 Å². The lowest BCUT2D eigenvalue weighted by molar-refractivity contribution is -0.118. The Bertz CT molecular complexity index is 816. The molecular formula is C19H20ClN3O2. The third kappa shape index (κ3) is 5.43. The average Bonchev–Trinajstić information content (AvgIpc) is 2.59. The van der Waals surface area contributed by atoms with Gasteiger partial charge in [0.15, 0.2) is 0 Å². The quantitative estimate of drug-likeness (QED) is 0.625. The van der Waals surface area contributed by atoms with Gasteiger partial charge in [0.1, 0.15) is 0 Å². The summed E-state index contributed by atoms with van der Waals surface area (Å²) in [4.78, 5) is 23.9. The minimum Gasteiger partial charge on any atom is -0.326 e. The number of carbonyl (C=O) groups excluding carboxylic acids is 2. The van der Waals surface area contributed by atoms with Crippen molar-refractivity contribution in [1.82, 2.24) is 5.43 Å². The number of nitrogens with one attached hydrogen (secondary N) is 2. The third-order valence-electron chi connectivity index (χ3n) is 3.48. The largest absolute Gasteiger partial charge is 0.326 e. The molecule has 2 aromatic carbocycles. The molecule has 25 heavy (non-hydrogen) atoms. The lowest BCUT2D eigenvalue weighted by Gasteiger charge is -2.09. The van der Waals surface area contributed by atoms with E-state index in [0.717, 1.165) is 5.56 Å².